The average Bonchev–Trinajstić information content (AvgIpc) is 2.29. The topological polar surface area (TPSA) is 60.2 Å². The minimum Gasteiger partial charge on any atom is -0.295 e. The lowest BCUT2D eigenvalue weighted by atomic mass is 9.93. The molecular weight excluding hydrogens is 206 g/mol. The lowest BCUT2D eigenvalue weighted by Crippen LogP contribution is -2.02. The molecule has 0 saturated carbocycles. The minimum absolute atomic E-state index is 0.0661. The Morgan fingerprint density at radius 3 is 2.75 bits per heavy atom. The molecule has 0 N–H and O–H groups in total. The van der Waals surface area contributed by atoms with E-state index in [2.05, 4.69) is 0 Å². The fraction of sp³-hybridized carbons (Fsp3) is 0.250. The van der Waals surface area contributed by atoms with Crippen molar-refractivity contribution in [3.8, 4) is 0 Å². The number of nitro benzene ring substituents is 1. The van der Waals surface area contributed by atoms with Crippen LogP contribution < -0.4 is 0 Å². The summed E-state index contributed by atoms with van der Waals surface area (Å²) < 4.78 is 0. The van der Waals surface area contributed by atoms with Crippen molar-refractivity contribution in [3.63, 3.8) is 0 Å². The molecule has 0 heterocycles. The molecule has 0 spiro atoms. The average molecular weight is 217 g/mol. The molecule has 1 aliphatic carbocycles. The van der Waals surface area contributed by atoms with Gasteiger partial charge in [-0.1, -0.05) is 12.1 Å². The molecule has 0 unspecified atom stereocenters. The lowest BCUT2D eigenvalue weighted by molar-refractivity contribution is -0.384. The third-order valence-corrected chi connectivity index (χ3v) is 2.63. The van der Waals surface area contributed by atoms with E-state index in [0.29, 0.717) is 6.42 Å². The van der Waals surface area contributed by atoms with Gasteiger partial charge >= 0.3 is 0 Å². The standard InChI is InChI=1S/C12H11NO3/c14-12-6-2-4-10(8-12)9-3-1-5-11(7-9)13(15)16/h1,3,5,7-8H,2,4,6H2. The van der Waals surface area contributed by atoms with E-state index in [1.807, 2.05) is 0 Å². The molecule has 0 radical (unpaired) electrons. The van der Waals surface area contributed by atoms with E-state index in [1.165, 1.54) is 12.1 Å². The van der Waals surface area contributed by atoms with Crippen LogP contribution in [-0.4, -0.2) is 10.7 Å². The van der Waals surface area contributed by atoms with E-state index in [4.69, 9.17) is 0 Å². The van der Waals surface area contributed by atoms with Gasteiger partial charge in [0.1, 0.15) is 0 Å². The SMILES string of the molecule is O=C1C=C(c2cccc([N+](=O)[O-])c2)CCC1. The summed E-state index contributed by atoms with van der Waals surface area (Å²) in [4.78, 5) is 21.5. The quantitative estimate of drug-likeness (QED) is 0.565. The van der Waals surface area contributed by atoms with Crippen molar-refractivity contribution in [2.24, 2.45) is 0 Å². The number of hydrogen-bond acceptors (Lipinski definition) is 3. The third-order valence-electron chi connectivity index (χ3n) is 2.63. The number of nitrogens with zero attached hydrogens (tertiary/aromatic N) is 1. The van der Waals surface area contributed by atoms with Crippen LogP contribution >= 0.6 is 0 Å². The molecule has 2 rings (SSSR count). The molecule has 0 fully saturated rings. The van der Waals surface area contributed by atoms with Gasteiger partial charge in [0.05, 0.1) is 4.92 Å². The van der Waals surface area contributed by atoms with E-state index in [0.717, 1.165) is 24.0 Å². The summed E-state index contributed by atoms with van der Waals surface area (Å²) in [6, 6.07) is 6.42. The van der Waals surface area contributed by atoms with Gasteiger partial charge < -0.3 is 0 Å². The molecule has 1 aromatic rings. The van der Waals surface area contributed by atoms with Crippen LogP contribution in [0.1, 0.15) is 24.8 Å². The van der Waals surface area contributed by atoms with Gasteiger partial charge in [-0.2, -0.15) is 0 Å². The number of ketones is 1. The summed E-state index contributed by atoms with van der Waals surface area (Å²) >= 11 is 0. The predicted molar refractivity (Wildman–Crippen MR) is 59.9 cm³/mol. The van der Waals surface area contributed by atoms with E-state index in [-0.39, 0.29) is 11.5 Å². The number of allylic oxidation sites excluding steroid dienone is 2. The van der Waals surface area contributed by atoms with E-state index in [1.54, 1.807) is 18.2 Å². The number of nitro groups is 1. The summed E-state index contributed by atoms with van der Waals surface area (Å²) in [6.45, 7) is 0. The molecule has 4 nitrogen and oxygen atoms in total. The summed E-state index contributed by atoms with van der Waals surface area (Å²) in [7, 11) is 0. The highest BCUT2D eigenvalue weighted by atomic mass is 16.6. The van der Waals surface area contributed by atoms with Crippen LogP contribution in [0.3, 0.4) is 0 Å². The highest BCUT2D eigenvalue weighted by Crippen LogP contribution is 2.27. The first kappa shape index (κ1) is 10.5. The van der Waals surface area contributed by atoms with Gasteiger partial charge in [0.15, 0.2) is 5.78 Å². The van der Waals surface area contributed by atoms with Crippen molar-refractivity contribution in [1.29, 1.82) is 0 Å². The maximum atomic E-state index is 11.3. The molecule has 0 amide bonds. The summed E-state index contributed by atoms with van der Waals surface area (Å²) in [6.07, 6.45) is 3.82. The number of hydrogen-bond donors (Lipinski definition) is 0. The van der Waals surface area contributed by atoms with Gasteiger partial charge in [-0.25, -0.2) is 0 Å². The van der Waals surface area contributed by atoms with Crippen LogP contribution in [-0.2, 0) is 4.79 Å². The molecule has 4 heteroatoms. The van der Waals surface area contributed by atoms with Crippen molar-refractivity contribution in [2.45, 2.75) is 19.3 Å². The minimum atomic E-state index is -0.422. The van der Waals surface area contributed by atoms with Crippen molar-refractivity contribution >= 4 is 17.0 Å². The molecule has 0 bridgehead atoms. The Morgan fingerprint density at radius 2 is 2.06 bits per heavy atom. The normalized spacial score (nSPS) is 15.8. The number of rotatable bonds is 2. The van der Waals surface area contributed by atoms with Gasteiger partial charge in [0, 0.05) is 18.6 Å². The predicted octanol–water partition coefficient (Wildman–Crippen LogP) is 2.73. The van der Waals surface area contributed by atoms with Crippen LogP contribution in [0.5, 0.6) is 0 Å². The van der Waals surface area contributed by atoms with Crippen molar-refractivity contribution < 1.29 is 9.72 Å². The van der Waals surface area contributed by atoms with Crippen LogP contribution in [0, 0.1) is 10.1 Å². The van der Waals surface area contributed by atoms with Crippen molar-refractivity contribution in [2.75, 3.05) is 0 Å². The molecule has 0 atom stereocenters. The number of non-ortho nitro benzene ring substituents is 1. The lowest BCUT2D eigenvalue weighted by Gasteiger charge is -2.11. The number of carbonyl (C=O) groups is 1. The first-order valence-electron chi connectivity index (χ1n) is 5.15. The molecule has 16 heavy (non-hydrogen) atoms. The van der Waals surface area contributed by atoms with Crippen LogP contribution in [0.25, 0.3) is 5.57 Å². The second kappa shape index (κ2) is 4.26. The molecule has 0 aromatic heterocycles. The Hall–Kier alpha value is -1.97. The van der Waals surface area contributed by atoms with Gasteiger partial charge in [-0.3, -0.25) is 14.9 Å². The fourth-order valence-electron chi connectivity index (χ4n) is 1.84. The third kappa shape index (κ3) is 2.16. The van der Waals surface area contributed by atoms with Crippen molar-refractivity contribution in [3.05, 3.63) is 46.0 Å². The highest BCUT2D eigenvalue weighted by Gasteiger charge is 2.13. The summed E-state index contributed by atoms with van der Waals surface area (Å²) in [5.41, 5.74) is 1.75. The van der Waals surface area contributed by atoms with Gasteiger partial charge in [-0.05, 0) is 30.1 Å². The zero-order valence-corrected chi connectivity index (χ0v) is 8.68. The monoisotopic (exact) mass is 217 g/mol. The summed E-state index contributed by atoms with van der Waals surface area (Å²) in [5, 5.41) is 10.6. The maximum absolute atomic E-state index is 11.3. The van der Waals surface area contributed by atoms with E-state index >= 15 is 0 Å². The Morgan fingerprint density at radius 1 is 1.25 bits per heavy atom. The Labute approximate surface area is 92.7 Å². The molecule has 1 aromatic carbocycles. The smallest absolute Gasteiger partial charge is 0.270 e. The Bertz CT molecular complexity index is 477. The second-order valence-corrected chi connectivity index (χ2v) is 3.80. The Kier molecular flexibility index (Phi) is 2.81. The van der Waals surface area contributed by atoms with Crippen LogP contribution in [0.2, 0.25) is 0 Å². The highest BCUT2D eigenvalue weighted by molar-refractivity contribution is 5.98. The largest absolute Gasteiger partial charge is 0.295 e. The van der Waals surface area contributed by atoms with E-state index in [9.17, 15) is 14.9 Å². The molecule has 0 saturated heterocycles. The molecular formula is C12H11NO3. The second-order valence-electron chi connectivity index (χ2n) is 3.80. The van der Waals surface area contributed by atoms with Crippen LogP contribution in [0.15, 0.2) is 30.3 Å². The molecule has 1 aliphatic rings. The Balaban J connectivity index is 2.37. The number of benzene rings is 1. The van der Waals surface area contributed by atoms with Crippen molar-refractivity contribution in [1.82, 2.24) is 0 Å². The number of carbonyl (C=O) groups excluding carboxylic acids is 1. The zero-order valence-electron chi connectivity index (χ0n) is 8.68. The maximum Gasteiger partial charge on any atom is 0.270 e. The zero-order chi connectivity index (χ0) is 11.5. The van der Waals surface area contributed by atoms with Gasteiger partial charge in [-0.15, -0.1) is 0 Å². The van der Waals surface area contributed by atoms with Gasteiger partial charge in [0.2, 0.25) is 0 Å². The fourth-order valence-corrected chi connectivity index (χ4v) is 1.84. The molecule has 82 valence electrons. The molecule has 0 aliphatic heterocycles. The van der Waals surface area contributed by atoms with E-state index < -0.39 is 4.92 Å². The first-order valence-corrected chi connectivity index (χ1v) is 5.15. The van der Waals surface area contributed by atoms with Crippen LogP contribution in [0.4, 0.5) is 5.69 Å². The van der Waals surface area contributed by atoms with Gasteiger partial charge in [0.25, 0.3) is 5.69 Å². The summed E-state index contributed by atoms with van der Waals surface area (Å²) in [5.74, 6) is 0.104. The first-order chi connectivity index (χ1) is 7.66.